The topological polar surface area (TPSA) is 63.6 Å². The van der Waals surface area contributed by atoms with Gasteiger partial charge in [-0.2, -0.15) is 0 Å². The Labute approximate surface area is 129 Å². The zero-order valence-corrected chi connectivity index (χ0v) is 12.2. The SMILES string of the molecule is O=C(CCCc1ccc(C(=O)O)cc1)OCc1ccccc1. The molecule has 0 amide bonds. The number of carbonyl (C=O) groups is 2. The fraction of sp³-hybridized carbons (Fsp3) is 0.222. The van der Waals surface area contributed by atoms with Crippen molar-refractivity contribution in [3.05, 3.63) is 71.3 Å². The first-order chi connectivity index (χ1) is 10.6. The van der Waals surface area contributed by atoms with E-state index in [0.717, 1.165) is 17.5 Å². The number of hydrogen-bond donors (Lipinski definition) is 1. The Bertz CT molecular complexity index is 617. The van der Waals surface area contributed by atoms with Crippen LogP contribution in [0.3, 0.4) is 0 Å². The van der Waals surface area contributed by atoms with E-state index in [2.05, 4.69) is 0 Å². The number of carboxylic acid groups (broad SMARTS) is 1. The second-order valence-electron chi connectivity index (χ2n) is 5.00. The van der Waals surface area contributed by atoms with Crippen LogP contribution >= 0.6 is 0 Å². The molecular weight excluding hydrogens is 280 g/mol. The number of carboxylic acids is 1. The second-order valence-corrected chi connectivity index (χ2v) is 5.00. The second kappa shape index (κ2) is 7.98. The maximum Gasteiger partial charge on any atom is 0.335 e. The van der Waals surface area contributed by atoms with Gasteiger partial charge in [0.25, 0.3) is 0 Å². The normalized spacial score (nSPS) is 10.2. The fourth-order valence-electron chi connectivity index (χ4n) is 2.06. The number of carbonyl (C=O) groups excluding carboxylic acids is 1. The molecule has 0 aromatic heterocycles. The Hall–Kier alpha value is -2.62. The van der Waals surface area contributed by atoms with Crippen LogP contribution in [0, 0.1) is 0 Å². The molecule has 0 saturated heterocycles. The molecule has 0 atom stereocenters. The highest BCUT2D eigenvalue weighted by molar-refractivity contribution is 5.87. The van der Waals surface area contributed by atoms with E-state index in [4.69, 9.17) is 9.84 Å². The maximum atomic E-state index is 11.7. The summed E-state index contributed by atoms with van der Waals surface area (Å²) in [5.41, 5.74) is 2.26. The van der Waals surface area contributed by atoms with E-state index in [9.17, 15) is 9.59 Å². The molecule has 0 bridgehead atoms. The van der Waals surface area contributed by atoms with Gasteiger partial charge in [-0.05, 0) is 36.1 Å². The molecule has 0 aliphatic rings. The van der Waals surface area contributed by atoms with Crippen molar-refractivity contribution in [2.75, 3.05) is 0 Å². The minimum atomic E-state index is -0.934. The number of benzene rings is 2. The molecule has 2 rings (SSSR count). The largest absolute Gasteiger partial charge is 0.478 e. The van der Waals surface area contributed by atoms with Gasteiger partial charge >= 0.3 is 11.9 Å². The van der Waals surface area contributed by atoms with E-state index < -0.39 is 5.97 Å². The van der Waals surface area contributed by atoms with Gasteiger partial charge in [-0.15, -0.1) is 0 Å². The first-order valence-corrected chi connectivity index (χ1v) is 7.17. The van der Waals surface area contributed by atoms with Crippen LogP contribution in [-0.2, 0) is 22.6 Å². The first kappa shape index (κ1) is 15.8. The molecule has 0 aliphatic carbocycles. The lowest BCUT2D eigenvalue weighted by molar-refractivity contribution is -0.145. The summed E-state index contributed by atoms with van der Waals surface area (Å²) in [6.07, 6.45) is 1.76. The number of hydrogen-bond acceptors (Lipinski definition) is 3. The Morgan fingerprint density at radius 2 is 1.59 bits per heavy atom. The van der Waals surface area contributed by atoms with E-state index >= 15 is 0 Å². The summed E-state index contributed by atoms with van der Waals surface area (Å²) in [7, 11) is 0. The Balaban J connectivity index is 1.69. The average molecular weight is 298 g/mol. The quantitative estimate of drug-likeness (QED) is 0.795. The number of rotatable bonds is 7. The van der Waals surface area contributed by atoms with E-state index in [1.54, 1.807) is 24.3 Å². The number of esters is 1. The summed E-state index contributed by atoms with van der Waals surface area (Å²) >= 11 is 0. The third kappa shape index (κ3) is 5.05. The van der Waals surface area contributed by atoms with Crippen LogP contribution < -0.4 is 0 Å². The van der Waals surface area contributed by atoms with E-state index in [1.807, 2.05) is 30.3 Å². The molecule has 0 aliphatic heterocycles. The molecular formula is C18H18O4. The predicted octanol–water partition coefficient (Wildman–Crippen LogP) is 3.45. The van der Waals surface area contributed by atoms with Crippen molar-refractivity contribution in [2.24, 2.45) is 0 Å². The van der Waals surface area contributed by atoms with Crippen molar-refractivity contribution < 1.29 is 19.4 Å². The molecule has 0 heterocycles. The third-order valence-corrected chi connectivity index (χ3v) is 3.29. The van der Waals surface area contributed by atoms with Crippen LogP contribution in [0.1, 0.15) is 34.3 Å². The highest BCUT2D eigenvalue weighted by Gasteiger charge is 2.05. The molecule has 0 spiro atoms. The fourth-order valence-corrected chi connectivity index (χ4v) is 2.06. The number of aryl methyl sites for hydroxylation is 1. The molecule has 22 heavy (non-hydrogen) atoms. The highest BCUT2D eigenvalue weighted by atomic mass is 16.5. The Morgan fingerprint density at radius 3 is 2.23 bits per heavy atom. The molecule has 1 N–H and O–H groups in total. The predicted molar refractivity (Wildman–Crippen MR) is 82.6 cm³/mol. The first-order valence-electron chi connectivity index (χ1n) is 7.17. The summed E-state index contributed by atoms with van der Waals surface area (Å²) in [6, 6.07) is 16.3. The molecule has 0 radical (unpaired) electrons. The summed E-state index contributed by atoms with van der Waals surface area (Å²) in [5, 5.41) is 8.82. The molecule has 0 saturated carbocycles. The zero-order valence-electron chi connectivity index (χ0n) is 12.2. The van der Waals surface area contributed by atoms with E-state index in [0.29, 0.717) is 19.4 Å². The summed E-state index contributed by atoms with van der Waals surface area (Å²) in [4.78, 5) is 22.4. The summed E-state index contributed by atoms with van der Waals surface area (Å²) in [6.45, 7) is 0.299. The van der Waals surface area contributed by atoms with Crippen molar-refractivity contribution in [3.8, 4) is 0 Å². The van der Waals surface area contributed by atoms with Crippen molar-refractivity contribution >= 4 is 11.9 Å². The minimum absolute atomic E-state index is 0.217. The van der Waals surface area contributed by atoms with Crippen molar-refractivity contribution in [2.45, 2.75) is 25.9 Å². The van der Waals surface area contributed by atoms with Crippen LogP contribution in [0.25, 0.3) is 0 Å². The summed E-state index contributed by atoms with van der Waals surface area (Å²) in [5.74, 6) is -1.15. The van der Waals surface area contributed by atoms with Crippen LogP contribution in [0.5, 0.6) is 0 Å². The van der Waals surface area contributed by atoms with Gasteiger partial charge in [0.15, 0.2) is 0 Å². The molecule has 4 nitrogen and oxygen atoms in total. The lowest BCUT2D eigenvalue weighted by Gasteiger charge is -2.05. The monoisotopic (exact) mass is 298 g/mol. The van der Waals surface area contributed by atoms with Gasteiger partial charge in [0, 0.05) is 6.42 Å². The van der Waals surface area contributed by atoms with Crippen LogP contribution in [-0.4, -0.2) is 17.0 Å². The zero-order chi connectivity index (χ0) is 15.8. The van der Waals surface area contributed by atoms with Crippen molar-refractivity contribution in [3.63, 3.8) is 0 Å². The number of aromatic carboxylic acids is 1. The Morgan fingerprint density at radius 1 is 0.909 bits per heavy atom. The van der Waals surface area contributed by atoms with Gasteiger partial charge in [0.05, 0.1) is 5.56 Å². The van der Waals surface area contributed by atoms with Gasteiger partial charge in [0.2, 0.25) is 0 Å². The average Bonchev–Trinajstić information content (AvgIpc) is 2.54. The highest BCUT2D eigenvalue weighted by Crippen LogP contribution is 2.09. The molecule has 0 fully saturated rings. The van der Waals surface area contributed by atoms with Crippen LogP contribution in [0.2, 0.25) is 0 Å². The van der Waals surface area contributed by atoms with Crippen LogP contribution in [0.15, 0.2) is 54.6 Å². The molecule has 2 aromatic rings. The van der Waals surface area contributed by atoms with Gasteiger partial charge in [-0.3, -0.25) is 4.79 Å². The van der Waals surface area contributed by atoms with Gasteiger partial charge in [-0.1, -0.05) is 42.5 Å². The van der Waals surface area contributed by atoms with E-state index in [-0.39, 0.29) is 11.5 Å². The molecule has 0 unspecified atom stereocenters. The third-order valence-electron chi connectivity index (χ3n) is 3.29. The number of ether oxygens (including phenoxy) is 1. The lowest BCUT2D eigenvalue weighted by atomic mass is 10.1. The van der Waals surface area contributed by atoms with Crippen LogP contribution in [0.4, 0.5) is 0 Å². The summed E-state index contributed by atoms with van der Waals surface area (Å²) < 4.78 is 5.20. The molecule has 4 heteroatoms. The van der Waals surface area contributed by atoms with Gasteiger partial charge in [-0.25, -0.2) is 4.79 Å². The minimum Gasteiger partial charge on any atom is -0.478 e. The Kier molecular flexibility index (Phi) is 5.72. The van der Waals surface area contributed by atoms with Gasteiger partial charge in [0.1, 0.15) is 6.61 Å². The van der Waals surface area contributed by atoms with Gasteiger partial charge < -0.3 is 9.84 Å². The van der Waals surface area contributed by atoms with E-state index in [1.165, 1.54) is 0 Å². The van der Waals surface area contributed by atoms with Crippen molar-refractivity contribution in [1.82, 2.24) is 0 Å². The standard InChI is InChI=1S/C18H18O4/c19-17(22-13-15-5-2-1-3-6-15)8-4-7-14-9-11-16(12-10-14)18(20)21/h1-3,5-6,9-12H,4,7-8,13H2,(H,20,21). The van der Waals surface area contributed by atoms with Crippen molar-refractivity contribution in [1.29, 1.82) is 0 Å². The lowest BCUT2D eigenvalue weighted by Crippen LogP contribution is -2.05. The smallest absolute Gasteiger partial charge is 0.335 e. The molecule has 114 valence electrons. The molecule has 2 aromatic carbocycles. The maximum absolute atomic E-state index is 11.7.